The van der Waals surface area contributed by atoms with Crippen molar-refractivity contribution in [3.8, 4) is 28.7 Å². The van der Waals surface area contributed by atoms with Gasteiger partial charge in [-0.2, -0.15) is 0 Å². The Morgan fingerprint density at radius 2 is 1.59 bits per heavy atom. The van der Waals surface area contributed by atoms with Crippen molar-refractivity contribution in [1.82, 2.24) is 0 Å². The second-order valence-corrected chi connectivity index (χ2v) is 7.35. The summed E-state index contributed by atoms with van der Waals surface area (Å²) in [5.74, 6) is -0.324. The van der Waals surface area contributed by atoms with Gasteiger partial charge in [-0.1, -0.05) is 0 Å². The lowest BCUT2D eigenvalue weighted by Crippen LogP contribution is -2.34. The number of benzene rings is 2. The van der Waals surface area contributed by atoms with Gasteiger partial charge in [0, 0.05) is 11.8 Å². The number of carbonyl (C=O) groups excluding carboxylic acids is 1. The summed E-state index contributed by atoms with van der Waals surface area (Å²) in [6.07, 6.45) is -0.867. The van der Waals surface area contributed by atoms with Crippen molar-refractivity contribution >= 4 is 5.97 Å². The number of rotatable bonds is 3. The highest BCUT2D eigenvalue weighted by molar-refractivity contribution is 5.79. The van der Waals surface area contributed by atoms with Gasteiger partial charge in [0.1, 0.15) is 0 Å². The van der Waals surface area contributed by atoms with Gasteiger partial charge in [-0.05, 0) is 41.0 Å². The summed E-state index contributed by atoms with van der Waals surface area (Å²) < 4.78 is 26.9. The van der Waals surface area contributed by atoms with Gasteiger partial charge in [0.15, 0.2) is 23.0 Å². The Kier molecular flexibility index (Phi) is 3.99. The number of methoxy groups -OCH3 is 2. The number of carbonyl (C=O) groups is 1. The molecular formula is C21H20O8. The van der Waals surface area contributed by atoms with Crippen LogP contribution in [0.2, 0.25) is 0 Å². The van der Waals surface area contributed by atoms with E-state index >= 15 is 0 Å². The summed E-state index contributed by atoms with van der Waals surface area (Å²) in [4.78, 5) is 12.7. The van der Waals surface area contributed by atoms with Crippen LogP contribution in [0.5, 0.6) is 28.7 Å². The fourth-order valence-electron chi connectivity index (χ4n) is 4.63. The molecule has 8 heteroatoms. The van der Waals surface area contributed by atoms with E-state index < -0.39 is 23.9 Å². The van der Waals surface area contributed by atoms with Gasteiger partial charge in [0.25, 0.3) is 0 Å². The Hall–Kier alpha value is -3.13. The van der Waals surface area contributed by atoms with Gasteiger partial charge < -0.3 is 33.9 Å². The van der Waals surface area contributed by atoms with Gasteiger partial charge in [0.2, 0.25) is 12.5 Å². The first-order chi connectivity index (χ1) is 14.0. The van der Waals surface area contributed by atoms with E-state index in [1.165, 1.54) is 14.2 Å². The Morgan fingerprint density at radius 1 is 0.966 bits per heavy atom. The van der Waals surface area contributed by atoms with Crippen molar-refractivity contribution in [1.29, 1.82) is 0 Å². The van der Waals surface area contributed by atoms with Gasteiger partial charge >= 0.3 is 5.97 Å². The number of aliphatic hydroxyl groups excluding tert-OH is 1. The van der Waals surface area contributed by atoms with Gasteiger partial charge in [0.05, 0.1) is 32.8 Å². The van der Waals surface area contributed by atoms with Crippen LogP contribution < -0.4 is 18.9 Å². The quantitative estimate of drug-likeness (QED) is 0.755. The summed E-state index contributed by atoms with van der Waals surface area (Å²) in [5, 5.41) is 21.3. The van der Waals surface area contributed by atoms with Crippen molar-refractivity contribution in [2.24, 2.45) is 11.8 Å². The average Bonchev–Trinajstić information content (AvgIpc) is 3.34. The fourth-order valence-corrected chi connectivity index (χ4v) is 4.63. The van der Waals surface area contributed by atoms with Crippen LogP contribution in [0.25, 0.3) is 0 Å². The lowest BCUT2D eigenvalue weighted by molar-refractivity contribution is -0.141. The molecule has 2 aromatic carbocycles. The van der Waals surface area contributed by atoms with E-state index in [0.717, 1.165) is 5.56 Å². The number of ether oxygens (including phenoxy) is 5. The summed E-state index contributed by atoms with van der Waals surface area (Å²) >= 11 is 0. The van der Waals surface area contributed by atoms with Gasteiger partial charge in [-0.3, -0.25) is 4.79 Å². The zero-order valence-corrected chi connectivity index (χ0v) is 15.9. The molecule has 3 aliphatic rings. The first-order valence-corrected chi connectivity index (χ1v) is 9.26. The van der Waals surface area contributed by atoms with E-state index in [4.69, 9.17) is 23.7 Å². The molecule has 2 aromatic rings. The van der Waals surface area contributed by atoms with Crippen molar-refractivity contribution in [3.63, 3.8) is 0 Å². The number of hydrogen-bond donors (Lipinski definition) is 2. The molecule has 2 N–H and O–H groups in total. The third kappa shape index (κ3) is 2.52. The summed E-state index contributed by atoms with van der Waals surface area (Å²) in [7, 11) is 2.89. The van der Waals surface area contributed by atoms with Crippen LogP contribution >= 0.6 is 0 Å². The first-order valence-electron chi connectivity index (χ1n) is 9.26. The highest BCUT2D eigenvalue weighted by Gasteiger charge is 2.52. The van der Waals surface area contributed by atoms with Crippen molar-refractivity contribution in [2.45, 2.75) is 12.0 Å². The number of aromatic hydroxyl groups is 1. The second kappa shape index (κ2) is 6.45. The summed E-state index contributed by atoms with van der Waals surface area (Å²) in [6, 6.07) is 6.93. The molecule has 0 amide bonds. The number of phenolic OH excluding ortho intramolecular Hbond substituents is 1. The minimum absolute atomic E-state index is 0.106. The minimum atomic E-state index is -0.867. The Morgan fingerprint density at radius 3 is 2.21 bits per heavy atom. The van der Waals surface area contributed by atoms with E-state index in [0.29, 0.717) is 22.6 Å². The molecule has 4 atom stereocenters. The third-order valence-electron chi connectivity index (χ3n) is 6.01. The van der Waals surface area contributed by atoms with Gasteiger partial charge in [-0.25, -0.2) is 0 Å². The Balaban J connectivity index is 1.75. The average molecular weight is 400 g/mol. The van der Waals surface area contributed by atoms with E-state index in [2.05, 4.69) is 0 Å². The minimum Gasteiger partial charge on any atom is -0.502 e. The smallest absolute Gasteiger partial charge is 0.310 e. The van der Waals surface area contributed by atoms with Crippen LogP contribution in [0, 0.1) is 11.8 Å². The second-order valence-electron chi connectivity index (χ2n) is 7.35. The molecule has 1 fully saturated rings. The highest BCUT2D eigenvalue weighted by atomic mass is 16.7. The molecule has 0 radical (unpaired) electrons. The van der Waals surface area contributed by atoms with Crippen LogP contribution in [0.3, 0.4) is 0 Å². The molecule has 8 nitrogen and oxygen atoms in total. The molecule has 1 aliphatic carbocycles. The molecule has 0 aromatic heterocycles. The zero-order chi connectivity index (χ0) is 20.3. The summed E-state index contributed by atoms with van der Waals surface area (Å²) in [5.41, 5.74) is 2.12. The molecule has 0 saturated carbocycles. The normalized spacial score (nSPS) is 26.5. The molecule has 2 heterocycles. The van der Waals surface area contributed by atoms with E-state index in [9.17, 15) is 15.0 Å². The number of fused-ring (bicyclic) bond motifs is 3. The largest absolute Gasteiger partial charge is 0.502 e. The molecule has 1 saturated heterocycles. The first kappa shape index (κ1) is 17.9. The maximum Gasteiger partial charge on any atom is 0.310 e. The number of cyclic esters (lactones) is 1. The molecule has 0 bridgehead atoms. The third-order valence-corrected chi connectivity index (χ3v) is 6.01. The number of aliphatic hydroxyl groups is 1. The van der Waals surface area contributed by atoms with Crippen molar-refractivity contribution in [2.75, 3.05) is 27.6 Å². The van der Waals surface area contributed by atoms with Crippen LogP contribution in [0.15, 0.2) is 24.3 Å². The molecule has 0 spiro atoms. The number of phenols is 1. The molecule has 1 unspecified atom stereocenters. The molecule has 2 aliphatic heterocycles. The van der Waals surface area contributed by atoms with Gasteiger partial charge in [-0.15, -0.1) is 0 Å². The maximum atomic E-state index is 12.7. The maximum absolute atomic E-state index is 12.7. The predicted octanol–water partition coefficient (Wildman–Crippen LogP) is 2.11. The van der Waals surface area contributed by atoms with E-state index in [-0.39, 0.29) is 36.6 Å². The highest BCUT2D eigenvalue weighted by Crippen LogP contribution is 2.55. The predicted molar refractivity (Wildman–Crippen MR) is 98.5 cm³/mol. The number of esters is 1. The fraction of sp³-hybridized carbons (Fsp3) is 0.381. The topological polar surface area (TPSA) is 104 Å². The van der Waals surface area contributed by atoms with Crippen LogP contribution in [-0.4, -0.2) is 43.8 Å². The lowest BCUT2D eigenvalue weighted by atomic mass is 9.66. The SMILES string of the molecule is COc1cc([C@@H]2c3cc4c(cc3[C@H](O)C3COC(=O)[C@@H]32)OCO4)cc(OC)c1O. The Bertz CT molecular complexity index is 975. The molecule has 152 valence electrons. The zero-order valence-electron chi connectivity index (χ0n) is 15.9. The summed E-state index contributed by atoms with van der Waals surface area (Å²) in [6.45, 7) is 0.246. The Labute approximate surface area is 166 Å². The molecule has 5 rings (SSSR count). The monoisotopic (exact) mass is 400 g/mol. The van der Waals surface area contributed by atoms with E-state index in [1.54, 1.807) is 24.3 Å². The van der Waals surface area contributed by atoms with Crippen LogP contribution in [0.4, 0.5) is 0 Å². The van der Waals surface area contributed by atoms with E-state index in [1.807, 2.05) is 0 Å². The van der Waals surface area contributed by atoms with Crippen molar-refractivity contribution in [3.05, 3.63) is 41.0 Å². The number of hydrogen-bond acceptors (Lipinski definition) is 8. The van der Waals surface area contributed by atoms with Crippen LogP contribution in [-0.2, 0) is 9.53 Å². The van der Waals surface area contributed by atoms with Crippen LogP contribution in [0.1, 0.15) is 28.7 Å². The molecule has 29 heavy (non-hydrogen) atoms. The standard InChI is InChI=1S/C21H20O8/c1-25-15-3-9(4-16(26-2)20(15)23)17-10-5-13-14(29-8-28-13)6-11(10)19(22)12-7-27-21(24)18(12)17/h3-6,12,17-19,22-23H,7-8H2,1-2H3/t12?,17-,18+,19+/m1/s1. The van der Waals surface area contributed by atoms with Crippen molar-refractivity contribution < 1.29 is 38.7 Å². The lowest BCUT2D eigenvalue weighted by Gasteiger charge is -2.37. The molecular weight excluding hydrogens is 380 g/mol.